The Bertz CT molecular complexity index is 1200. The molecule has 0 bridgehead atoms. The van der Waals surface area contributed by atoms with E-state index >= 15 is 0 Å². The summed E-state index contributed by atoms with van der Waals surface area (Å²) in [4.78, 5) is 17.2. The Morgan fingerprint density at radius 2 is 1.72 bits per heavy atom. The molecule has 0 fully saturated rings. The summed E-state index contributed by atoms with van der Waals surface area (Å²) in [6.45, 7) is 1.87. The number of benzene rings is 2. The molecule has 0 saturated heterocycles. The maximum atomic E-state index is 12.9. The van der Waals surface area contributed by atoms with Gasteiger partial charge in [0.05, 0.1) is 11.7 Å². The number of hydrogen-bond donors (Lipinski definition) is 0. The van der Waals surface area contributed by atoms with E-state index in [1.54, 1.807) is 0 Å². The van der Waals surface area contributed by atoms with Gasteiger partial charge in [-0.05, 0) is 36.8 Å². The normalized spacial score (nSPS) is 12.8. The highest BCUT2D eigenvalue weighted by atomic mass is 19.4. The average Bonchev–Trinajstić information content (AvgIpc) is 3.13. The van der Waals surface area contributed by atoms with Crippen LogP contribution in [-0.2, 0) is 0 Å². The van der Waals surface area contributed by atoms with Crippen LogP contribution >= 0.6 is 0 Å². The van der Waals surface area contributed by atoms with Crippen LogP contribution in [0.4, 0.5) is 13.2 Å². The van der Waals surface area contributed by atoms with Gasteiger partial charge >= 0.3 is 6.36 Å². The van der Waals surface area contributed by atoms with Gasteiger partial charge in [-0.1, -0.05) is 35.5 Å². The molecular weight excluding hydrogens is 387 g/mol. The number of hydrogen-bond acceptors (Lipinski definition) is 5. The molecule has 4 aromatic rings. The van der Waals surface area contributed by atoms with Crippen molar-refractivity contribution in [3.8, 4) is 11.4 Å². The lowest BCUT2D eigenvalue weighted by Crippen LogP contribution is -2.24. The molecule has 7 nitrogen and oxygen atoms in total. The van der Waals surface area contributed by atoms with E-state index in [0.717, 1.165) is 17.7 Å². The molecular formula is C19H14F3N5O2. The molecule has 148 valence electrons. The predicted octanol–water partition coefficient (Wildman–Crippen LogP) is 3.49. The molecule has 2 aromatic carbocycles. The van der Waals surface area contributed by atoms with Crippen molar-refractivity contribution < 1.29 is 17.9 Å². The van der Waals surface area contributed by atoms with E-state index in [1.807, 2.05) is 37.3 Å². The molecule has 0 saturated carbocycles. The first kappa shape index (κ1) is 18.7. The molecule has 2 aromatic heterocycles. The van der Waals surface area contributed by atoms with Gasteiger partial charge in [-0.25, -0.2) is 4.98 Å². The van der Waals surface area contributed by atoms with Crippen LogP contribution in [0.15, 0.2) is 65.7 Å². The second-order valence-electron chi connectivity index (χ2n) is 6.26. The van der Waals surface area contributed by atoms with Crippen LogP contribution in [0.5, 0.6) is 5.75 Å². The second-order valence-corrected chi connectivity index (χ2v) is 6.26. The number of rotatable bonds is 4. The standard InChI is InChI=1S/C19H14F3N5O2/c1-12(13-5-3-2-4-6-13)26-11-23-17-16(18(26)28)24-25-27(17)14-7-9-15(10-8-14)29-19(20,21)22/h2-12H,1H3/t12-/m0/s1. The monoisotopic (exact) mass is 401 g/mol. The van der Waals surface area contributed by atoms with Crippen molar-refractivity contribution in [3.05, 3.63) is 76.8 Å². The van der Waals surface area contributed by atoms with E-state index in [2.05, 4.69) is 20.0 Å². The Balaban J connectivity index is 1.70. The van der Waals surface area contributed by atoms with E-state index in [-0.39, 0.29) is 28.5 Å². The first-order valence-corrected chi connectivity index (χ1v) is 8.57. The Hall–Kier alpha value is -3.69. The van der Waals surface area contributed by atoms with Gasteiger partial charge in [-0.15, -0.1) is 18.3 Å². The number of nitrogens with zero attached hydrogens (tertiary/aromatic N) is 5. The minimum absolute atomic E-state index is 0.0610. The van der Waals surface area contributed by atoms with Crippen molar-refractivity contribution in [2.45, 2.75) is 19.3 Å². The lowest BCUT2D eigenvalue weighted by molar-refractivity contribution is -0.274. The quantitative estimate of drug-likeness (QED) is 0.523. The average molecular weight is 401 g/mol. The maximum absolute atomic E-state index is 12.9. The summed E-state index contributed by atoms with van der Waals surface area (Å²) in [5.41, 5.74) is 1.22. The van der Waals surface area contributed by atoms with Gasteiger partial charge in [0.25, 0.3) is 5.56 Å². The first-order chi connectivity index (χ1) is 13.8. The molecule has 0 spiro atoms. The zero-order valence-corrected chi connectivity index (χ0v) is 15.0. The fourth-order valence-corrected chi connectivity index (χ4v) is 2.95. The number of halogens is 3. The molecule has 0 amide bonds. The number of aromatic nitrogens is 5. The van der Waals surface area contributed by atoms with Crippen molar-refractivity contribution in [1.29, 1.82) is 0 Å². The van der Waals surface area contributed by atoms with Crippen LogP contribution in [-0.4, -0.2) is 30.9 Å². The van der Waals surface area contributed by atoms with Gasteiger partial charge in [0.15, 0.2) is 11.2 Å². The lowest BCUT2D eigenvalue weighted by atomic mass is 10.1. The van der Waals surface area contributed by atoms with E-state index in [9.17, 15) is 18.0 Å². The van der Waals surface area contributed by atoms with Crippen LogP contribution in [0.3, 0.4) is 0 Å². The summed E-state index contributed by atoms with van der Waals surface area (Å²) in [6.07, 6.45) is -3.37. The molecule has 0 aliphatic heterocycles. The van der Waals surface area contributed by atoms with Crippen LogP contribution in [0, 0.1) is 0 Å². The molecule has 29 heavy (non-hydrogen) atoms. The minimum atomic E-state index is -4.77. The number of ether oxygens (including phenoxy) is 1. The van der Waals surface area contributed by atoms with Gasteiger partial charge in [-0.2, -0.15) is 4.68 Å². The van der Waals surface area contributed by atoms with Crippen molar-refractivity contribution in [2.24, 2.45) is 0 Å². The highest BCUT2D eigenvalue weighted by molar-refractivity contribution is 5.70. The summed E-state index contributed by atoms with van der Waals surface area (Å²) in [6, 6.07) is 14.2. The molecule has 1 atom stereocenters. The van der Waals surface area contributed by atoms with Crippen molar-refractivity contribution in [3.63, 3.8) is 0 Å². The van der Waals surface area contributed by atoms with Gasteiger partial charge in [0.1, 0.15) is 12.1 Å². The van der Waals surface area contributed by atoms with Crippen LogP contribution in [0.25, 0.3) is 16.9 Å². The van der Waals surface area contributed by atoms with Crippen LogP contribution in [0.1, 0.15) is 18.5 Å². The van der Waals surface area contributed by atoms with E-state index in [1.165, 1.54) is 27.7 Å². The summed E-state index contributed by atoms with van der Waals surface area (Å²) in [5.74, 6) is -0.363. The van der Waals surface area contributed by atoms with Gasteiger partial charge in [0.2, 0.25) is 0 Å². The highest BCUT2D eigenvalue weighted by Crippen LogP contribution is 2.24. The van der Waals surface area contributed by atoms with Gasteiger partial charge in [0, 0.05) is 0 Å². The van der Waals surface area contributed by atoms with E-state index < -0.39 is 6.36 Å². The fraction of sp³-hybridized carbons (Fsp3) is 0.158. The lowest BCUT2D eigenvalue weighted by Gasteiger charge is -2.14. The molecule has 0 aliphatic rings. The van der Waals surface area contributed by atoms with Crippen molar-refractivity contribution in [2.75, 3.05) is 0 Å². The zero-order valence-electron chi connectivity index (χ0n) is 15.0. The van der Waals surface area contributed by atoms with Gasteiger partial charge < -0.3 is 4.74 Å². The van der Waals surface area contributed by atoms with E-state index in [4.69, 9.17) is 0 Å². The number of alkyl halides is 3. The largest absolute Gasteiger partial charge is 0.573 e. The van der Waals surface area contributed by atoms with Crippen LogP contribution < -0.4 is 10.3 Å². The SMILES string of the molecule is C[C@@H](c1ccccc1)n1cnc2c(nnn2-c2ccc(OC(F)(F)F)cc2)c1=O. The third-order valence-corrected chi connectivity index (χ3v) is 4.40. The Morgan fingerprint density at radius 3 is 2.38 bits per heavy atom. The van der Waals surface area contributed by atoms with Gasteiger partial charge in [-0.3, -0.25) is 9.36 Å². The Labute approximate surface area is 162 Å². The summed E-state index contributed by atoms with van der Waals surface area (Å²) < 4.78 is 43.5. The van der Waals surface area contributed by atoms with E-state index in [0.29, 0.717) is 5.69 Å². The Kier molecular flexibility index (Phi) is 4.53. The molecule has 2 heterocycles. The molecule has 0 N–H and O–H groups in total. The molecule has 10 heteroatoms. The molecule has 0 radical (unpaired) electrons. The smallest absolute Gasteiger partial charge is 0.406 e. The molecule has 4 rings (SSSR count). The highest BCUT2D eigenvalue weighted by Gasteiger charge is 2.31. The summed E-state index contributed by atoms with van der Waals surface area (Å²) >= 11 is 0. The number of fused-ring (bicyclic) bond motifs is 1. The Morgan fingerprint density at radius 1 is 1.03 bits per heavy atom. The summed E-state index contributed by atoms with van der Waals surface area (Å²) in [7, 11) is 0. The summed E-state index contributed by atoms with van der Waals surface area (Å²) in [5, 5.41) is 7.85. The zero-order chi connectivity index (χ0) is 20.6. The van der Waals surface area contributed by atoms with Crippen LogP contribution in [0.2, 0.25) is 0 Å². The topological polar surface area (TPSA) is 74.8 Å². The minimum Gasteiger partial charge on any atom is -0.406 e. The third-order valence-electron chi connectivity index (χ3n) is 4.40. The second kappa shape index (κ2) is 7.04. The van der Waals surface area contributed by atoms with Crippen molar-refractivity contribution >= 4 is 11.2 Å². The first-order valence-electron chi connectivity index (χ1n) is 8.57. The maximum Gasteiger partial charge on any atom is 0.573 e. The molecule has 0 unspecified atom stereocenters. The fourth-order valence-electron chi connectivity index (χ4n) is 2.95. The third kappa shape index (κ3) is 3.68. The molecule has 0 aliphatic carbocycles. The van der Waals surface area contributed by atoms with Crippen molar-refractivity contribution in [1.82, 2.24) is 24.5 Å². The predicted molar refractivity (Wildman–Crippen MR) is 97.9 cm³/mol.